The first-order chi connectivity index (χ1) is 6.13. The molecule has 0 rings (SSSR count). The van der Waals surface area contributed by atoms with Crippen molar-refractivity contribution >= 4 is 12.3 Å². The first-order valence-corrected chi connectivity index (χ1v) is 3.86. The number of nitrogens with zero attached hydrogens (tertiary/aromatic N) is 1. The molecule has 0 aromatic rings. The van der Waals surface area contributed by atoms with Crippen molar-refractivity contribution in [3.05, 3.63) is 0 Å². The number of rotatable bonds is 6. The van der Waals surface area contributed by atoms with Crippen LogP contribution in [-0.4, -0.2) is 28.6 Å². The molecule has 0 aliphatic heterocycles. The molecule has 0 bridgehead atoms. The molecule has 2 N–H and O–H groups in total. The van der Waals surface area contributed by atoms with Gasteiger partial charge in [0.2, 0.25) is 0 Å². The Hall–Kier alpha value is -1.41. The highest BCUT2D eigenvalue weighted by Gasteiger charge is 2.24. The van der Waals surface area contributed by atoms with Crippen LogP contribution in [0.3, 0.4) is 0 Å². The fourth-order valence-corrected chi connectivity index (χ4v) is 0.900. The van der Waals surface area contributed by atoms with E-state index in [1.54, 1.807) is 0 Å². The maximum absolute atomic E-state index is 10.3. The third-order valence-corrected chi connectivity index (χ3v) is 1.66. The highest BCUT2D eigenvalue weighted by Crippen LogP contribution is 2.10. The Morgan fingerprint density at radius 3 is 2.62 bits per heavy atom. The number of carboxylic acids is 1. The van der Waals surface area contributed by atoms with Gasteiger partial charge in [-0.15, -0.1) is 0 Å². The molecule has 0 aromatic heterocycles. The summed E-state index contributed by atoms with van der Waals surface area (Å²) >= 11 is 0. The molecule has 0 saturated carbocycles. The maximum Gasteiger partial charge on any atom is 0.333 e. The van der Waals surface area contributed by atoms with Gasteiger partial charge in [0.25, 0.3) is 0 Å². The normalized spacial score (nSPS) is 14.2. The minimum absolute atomic E-state index is 0.227. The molecule has 72 valence electrons. The highest BCUT2D eigenvalue weighted by molar-refractivity contribution is 5.76. The molecule has 0 amide bonds. The molecule has 0 heterocycles. The highest BCUT2D eigenvalue weighted by atomic mass is 16.4. The molecule has 13 heavy (non-hydrogen) atoms. The van der Waals surface area contributed by atoms with Gasteiger partial charge in [0.1, 0.15) is 6.29 Å². The minimum Gasteiger partial charge on any atom is -0.479 e. The zero-order chi connectivity index (χ0) is 10.3. The number of nitriles is 1. The van der Waals surface area contributed by atoms with Crippen molar-refractivity contribution < 1.29 is 19.8 Å². The predicted molar refractivity (Wildman–Crippen MR) is 42.7 cm³/mol. The van der Waals surface area contributed by atoms with Gasteiger partial charge in [0, 0.05) is 6.42 Å². The molecule has 0 saturated heterocycles. The van der Waals surface area contributed by atoms with E-state index < -0.39 is 18.0 Å². The van der Waals surface area contributed by atoms with Crippen molar-refractivity contribution in [2.24, 2.45) is 5.92 Å². The molecule has 0 aliphatic rings. The average molecular weight is 185 g/mol. The fraction of sp³-hybridized carbons (Fsp3) is 0.625. The summed E-state index contributed by atoms with van der Waals surface area (Å²) in [6.07, 6.45) is -0.335. The molecule has 2 atom stereocenters. The summed E-state index contributed by atoms with van der Waals surface area (Å²) in [7, 11) is 0. The van der Waals surface area contributed by atoms with Crippen LogP contribution in [-0.2, 0) is 9.59 Å². The lowest BCUT2D eigenvalue weighted by Crippen LogP contribution is -2.30. The maximum atomic E-state index is 10.3. The van der Waals surface area contributed by atoms with Gasteiger partial charge in [0.05, 0.1) is 12.0 Å². The van der Waals surface area contributed by atoms with E-state index in [0.29, 0.717) is 12.7 Å². The second-order valence-corrected chi connectivity index (χ2v) is 2.63. The third-order valence-electron chi connectivity index (χ3n) is 1.66. The Bertz CT molecular complexity index is 221. The zero-order valence-corrected chi connectivity index (χ0v) is 7.01. The summed E-state index contributed by atoms with van der Waals surface area (Å²) in [4.78, 5) is 20.6. The van der Waals surface area contributed by atoms with Crippen LogP contribution < -0.4 is 0 Å². The van der Waals surface area contributed by atoms with E-state index in [1.165, 1.54) is 0 Å². The van der Waals surface area contributed by atoms with Crippen LogP contribution >= 0.6 is 0 Å². The molecule has 0 fully saturated rings. The van der Waals surface area contributed by atoms with E-state index in [1.807, 2.05) is 6.07 Å². The first kappa shape index (κ1) is 11.6. The molecular weight excluding hydrogens is 174 g/mol. The SMILES string of the molecule is N#CCCC[C@@H](C=O)[C@@H](O)C(=O)O. The van der Waals surface area contributed by atoms with Crippen molar-refractivity contribution in [2.45, 2.75) is 25.4 Å². The van der Waals surface area contributed by atoms with Gasteiger partial charge in [-0.3, -0.25) is 0 Å². The Kier molecular flexibility index (Phi) is 5.48. The van der Waals surface area contributed by atoms with Crippen molar-refractivity contribution in [1.82, 2.24) is 0 Å². The lowest BCUT2D eigenvalue weighted by Gasteiger charge is -2.11. The van der Waals surface area contributed by atoms with Crippen LogP contribution in [0.15, 0.2) is 0 Å². The number of aliphatic hydroxyl groups excluding tert-OH is 1. The lowest BCUT2D eigenvalue weighted by atomic mass is 9.98. The number of carbonyl (C=O) groups is 2. The fourth-order valence-electron chi connectivity index (χ4n) is 0.900. The van der Waals surface area contributed by atoms with Gasteiger partial charge in [-0.05, 0) is 12.8 Å². The Balaban J connectivity index is 3.96. The number of carbonyl (C=O) groups excluding carboxylic acids is 1. The van der Waals surface area contributed by atoms with Gasteiger partial charge >= 0.3 is 5.97 Å². The lowest BCUT2D eigenvalue weighted by molar-refractivity contribution is -0.151. The molecule has 5 nitrogen and oxygen atoms in total. The third kappa shape index (κ3) is 4.23. The van der Waals surface area contributed by atoms with Crippen molar-refractivity contribution in [1.29, 1.82) is 5.26 Å². The van der Waals surface area contributed by atoms with Crippen molar-refractivity contribution in [3.63, 3.8) is 0 Å². The van der Waals surface area contributed by atoms with Gasteiger partial charge in [0.15, 0.2) is 6.10 Å². The molecule has 0 aromatic carbocycles. The van der Waals surface area contributed by atoms with Gasteiger partial charge in [-0.2, -0.15) is 5.26 Å². The van der Waals surface area contributed by atoms with E-state index in [-0.39, 0.29) is 12.8 Å². The van der Waals surface area contributed by atoms with Crippen molar-refractivity contribution in [2.75, 3.05) is 0 Å². The van der Waals surface area contributed by atoms with Gasteiger partial charge in [-0.1, -0.05) is 0 Å². The molecule has 5 heteroatoms. The predicted octanol–water partition coefficient (Wildman–Crippen LogP) is -0.0591. The van der Waals surface area contributed by atoms with E-state index in [0.717, 1.165) is 0 Å². The monoisotopic (exact) mass is 185 g/mol. The number of aliphatic hydroxyl groups is 1. The second-order valence-electron chi connectivity index (χ2n) is 2.63. The summed E-state index contributed by atoms with van der Waals surface area (Å²) in [6, 6.07) is 1.87. The number of aliphatic carboxylic acids is 1. The van der Waals surface area contributed by atoms with Crippen LogP contribution in [0.2, 0.25) is 0 Å². The Labute approximate surface area is 75.6 Å². The van der Waals surface area contributed by atoms with E-state index in [9.17, 15) is 9.59 Å². The van der Waals surface area contributed by atoms with Crippen molar-refractivity contribution in [3.8, 4) is 6.07 Å². The van der Waals surface area contributed by atoms with E-state index in [2.05, 4.69) is 0 Å². The van der Waals surface area contributed by atoms with E-state index in [4.69, 9.17) is 15.5 Å². The average Bonchev–Trinajstić information content (AvgIpc) is 2.11. The Morgan fingerprint density at radius 2 is 2.23 bits per heavy atom. The number of hydrogen-bond donors (Lipinski definition) is 2. The van der Waals surface area contributed by atoms with Crippen LogP contribution in [0.25, 0.3) is 0 Å². The standard InChI is InChI=1S/C8H11NO4/c9-4-2-1-3-6(5-10)7(11)8(12)13/h5-7,11H,1-3H2,(H,12,13)/t6-,7+/m0/s1. The van der Waals surface area contributed by atoms with Crippen LogP contribution in [0.5, 0.6) is 0 Å². The molecule has 0 unspecified atom stereocenters. The summed E-state index contributed by atoms with van der Waals surface area (Å²) < 4.78 is 0. The second kappa shape index (κ2) is 6.14. The molecule has 0 radical (unpaired) electrons. The summed E-state index contributed by atoms with van der Waals surface area (Å²) in [5.74, 6) is -2.32. The number of unbranched alkanes of at least 4 members (excludes halogenated alkanes) is 1. The minimum atomic E-state index is -1.66. The largest absolute Gasteiger partial charge is 0.479 e. The number of carboxylic acid groups (broad SMARTS) is 1. The Morgan fingerprint density at radius 1 is 1.62 bits per heavy atom. The van der Waals surface area contributed by atoms with Crippen LogP contribution in [0.4, 0.5) is 0 Å². The van der Waals surface area contributed by atoms with Gasteiger partial charge in [-0.25, -0.2) is 4.79 Å². The van der Waals surface area contributed by atoms with E-state index >= 15 is 0 Å². The smallest absolute Gasteiger partial charge is 0.333 e. The van der Waals surface area contributed by atoms with Gasteiger partial charge < -0.3 is 15.0 Å². The topological polar surface area (TPSA) is 98.4 Å². The van der Waals surface area contributed by atoms with Crippen LogP contribution in [0.1, 0.15) is 19.3 Å². The molecular formula is C8H11NO4. The summed E-state index contributed by atoms with van der Waals surface area (Å²) in [5, 5.41) is 25.5. The number of hydrogen-bond acceptors (Lipinski definition) is 4. The van der Waals surface area contributed by atoms with Crippen LogP contribution in [0, 0.1) is 17.2 Å². The quantitative estimate of drug-likeness (QED) is 0.446. The zero-order valence-electron chi connectivity index (χ0n) is 7.01. The summed E-state index contributed by atoms with van der Waals surface area (Å²) in [5.41, 5.74) is 0. The first-order valence-electron chi connectivity index (χ1n) is 3.86. The molecule has 0 spiro atoms. The molecule has 0 aliphatic carbocycles. The summed E-state index contributed by atoms with van der Waals surface area (Å²) in [6.45, 7) is 0. The number of aldehydes is 1.